The van der Waals surface area contributed by atoms with Gasteiger partial charge in [-0.3, -0.25) is 4.79 Å². The first kappa shape index (κ1) is 17.7. The molecule has 0 radical (unpaired) electrons. The molecular formula is C17H19Cl2NO. The molecule has 0 atom stereocenters. The van der Waals surface area contributed by atoms with Crippen molar-refractivity contribution < 1.29 is 4.79 Å². The Labute approximate surface area is 137 Å². The van der Waals surface area contributed by atoms with Crippen LogP contribution in [0.1, 0.15) is 21.5 Å². The Balaban J connectivity index is 0.00000220. The molecule has 0 aliphatic heterocycles. The standard InChI is InChI=1S/C17H18ClNO.ClH/c1-19(2)12-14-6-3-7-15(9-14)17(20)11-13-5-4-8-16(18)10-13;/h3-10H,11-12H2,1-2H3;1H. The molecule has 2 aromatic carbocycles. The average molecular weight is 324 g/mol. The molecular weight excluding hydrogens is 305 g/mol. The van der Waals surface area contributed by atoms with E-state index >= 15 is 0 Å². The number of nitrogens with zero attached hydrogens (tertiary/aromatic N) is 1. The third-order valence-electron chi connectivity index (χ3n) is 3.00. The zero-order valence-electron chi connectivity index (χ0n) is 12.2. The van der Waals surface area contributed by atoms with Gasteiger partial charge in [0.1, 0.15) is 0 Å². The molecule has 2 aromatic rings. The number of benzene rings is 2. The fraction of sp³-hybridized carbons (Fsp3) is 0.235. The molecule has 0 aliphatic rings. The van der Waals surface area contributed by atoms with Crippen LogP contribution in [-0.4, -0.2) is 24.8 Å². The van der Waals surface area contributed by atoms with Gasteiger partial charge in [0, 0.05) is 23.6 Å². The van der Waals surface area contributed by atoms with Crippen LogP contribution in [0.25, 0.3) is 0 Å². The number of ketones is 1. The largest absolute Gasteiger partial charge is 0.305 e. The zero-order chi connectivity index (χ0) is 14.5. The fourth-order valence-corrected chi connectivity index (χ4v) is 2.36. The third-order valence-corrected chi connectivity index (χ3v) is 3.24. The van der Waals surface area contributed by atoms with Crippen LogP contribution in [0.2, 0.25) is 5.02 Å². The Morgan fingerprint density at radius 1 is 1.05 bits per heavy atom. The number of halogens is 2. The van der Waals surface area contributed by atoms with Gasteiger partial charge in [0.25, 0.3) is 0 Å². The van der Waals surface area contributed by atoms with E-state index < -0.39 is 0 Å². The Morgan fingerprint density at radius 3 is 2.38 bits per heavy atom. The highest BCUT2D eigenvalue weighted by Crippen LogP contribution is 2.14. The van der Waals surface area contributed by atoms with Crippen LogP contribution < -0.4 is 0 Å². The number of Topliss-reactive ketones (excluding diaryl/α,β-unsaturated/α-hetero) is 1. The van der Waals surface area contributed by atoms with E-state index in [2.05, 4.69) is 4.90 Å². The highest BCUT2D eigenvalue weighted by molar-refractivity contribution is 6.30. The summed E-state index contributed by atoms with van der Waals surface area (Å²) in [6, 6.07) is 15.2. The van der Waals surface area contributed by atoms with Crippen LogP contribution in [0, 0.1) is 0 Å². The van der Waals surface area contributed by atoms with Crippen molar-refractivity contribution in [2.45, 2.75) is 13.0 Å². The minimum atomic E-state index is 0. The van der Waals surface area contributed by atoms with Crippen LogP contribution >= 0.6 is 24.0 Å². The van der Waals surface area contributed by atoms with E-state index in [9.17, 15) is 4.79 Å². The van der Waals surface area contributed by atoms with Crippen LogP contribution in [0.15, 0.2) is 48.5 Å². The quantitative estimate of drug-likeness (QED) is 0.767. The molecule has 21 heavy (non-hydrogen) atoms. The van der Waals surface area contributed by atoms with Gasteiger partial charge < -0.3 is 4.90 Å². The summed E-state index contributed by atoms with van der Waals surface area (Å²) in [7, 11) is 4.03. The van der Waals surface area contributed by atoms with Gasteiger partial charge in [0.05, 0.1) is 0 Å². The van der Waals surface area contributed by atoms with Crippen molar-refractivity contribution in [2.75, 3.05) is 14.1 Å². The summed E-state index contributed by atoms with van der Waals surface area (Å²) in [5.41, 5.74) is 2.84. The third kappa shape index (κ3) is 5.50. The summed E-state index contributed by atoms with van der Waals surface area (Å²) in [6.07, 6.45) is 0.381. The second-order valence-corrected chi connectivity index (χ2v) is 5.60. The summed E-state index contributed by atoms with van der Waals surface area (Å²) >= 11 is 5.94. The Hall–Kier alpha value is -1.35. The average Bonchev–Trinajstić information content (AvgIpc) is 2.38. The van der Waals surface area contributed by atoms with E-state index in [4.69, 9.17) is 11.6 Å². The van der Waals surface area contributed by atoms with E-state index in [0.717, 1.165) is 23.2 Å². The van der Waals surface area contributed by atoms with E-state index in [1.54, 1.807) is 0 Å². The van der Waals surface area contributed by atoms with E-state index in [1.165, 1.54) is 0 Å². The Morgan fingerprint density at radius 2 is 1.71 bits per heavy atom. The molecule has 0 bridgehead atoms. The topological polar surface area (TPSA) is 20.3 Å². The van der Waals surface area contributed by atoms with Gasteiger partial charge in [0.15, 0.2) is 5.78 Å². The van der Waals surface area contributed by atoms with Crippen LogP contribution in [-0.2, 0) is 13.0 Å². The molecule has 0 saturated carbocycles. The second kappa shape index (κ2) is 8.18. The zero-order valence-corrected chi connectivity index (χ0v) is 13.7. The second-order valence-electron chi connectivity index (χ2n) is 5.17. The maximum absolute atomic E-state index is 12.3. The van der Waals surface area contributed by atoms with Gasteiger partial charge in [-0.1, -0.05) is 41.9 Å². The number of rotatable bonds is 5. The summed E-state index contributed by atoms with van der Waals surface area (Å²) in [5, 5.41) is 0.664. The molecule has 0 fully saturated rings. The van der Waals surface area contributed by atoms with Crippen molar-refractivity contribution in [3.63, 3.8) is 0 Å². The van der Waals surface area contributed by atoms with Gasteiger partial charge in [-0.15, -0.1) is 12.4 Å². The van der Waals surface area contributed by atoms with Crippen LogP contribution in [0.5, 0.6) is 0 Å². The highest BCUT2D eigenvalue weighted by atomic mass is 35.5. The summed E-state index contributed by atoms with van der Waals surface area (Å²) < 4.78 is 0. The molecule has 112 valence electrons. The number of hydrogen-bond donors (Lipinski definition) is 0. The smallest absolute Gasteiger partial charge is 0.167 e. The van der Waals surface area contributed by atoms with Crippen LogP contribution in [0.4, 0.5) is 0 Å². The van der Waals surface area contributed by atoms with Crippen molar-refractivity contribution in [2.24, 2.45) is 0 Å². The lowest BCUT2D eigenvalue weighted by atomic mass is 10.0. The van der Waals surface area contributed by atoms with E-state index in [0.29, 0.717) is 11.4 Å². The highest BCUT2D eigenvalue weighted by Gasteiger charge is 2.08. The molecule has 0 amide bonds. The molecule has 2 rings (SSSR count). The first-order valence-corrected chi connectivity index (χ1v) is 6.94. The van der Waals surface area contributed by atoms with Gasteiger partial charge >= 0.3 is 0 Å². The lowest BCUT2D eigenvalue weighted by Crippen LogP contribution is -2.11. The molecule has 0 heterocycles. The fourth-order valence-electron chi connectivity index (χ4n) is 2.14. The number of hydrogen-bond acceptors (Lipinski definition) is 2. The molecule has 0 aliphatic carbocycles. The van der Waals surface area contributed by atoms with Gasteiger partial charge in [-0.2, -0.15) is 0 Å². The first-order valence-electron chi connectivity index (χ1n) is 6.56. The van der Waals surface area contributed by atoms with Gasteiger partial charge in [0.2, 0.25) is 0 Å². The molecule has 0 unspecified atom stereocenters. The summed E-state index contributed by atoms with van der Waals surface area (Å²) in [5.74, 6) is 0.118. The molecule has 0 spiro atoms. The van der Waals surface area contributed by atoms with Gasteiger partial charge in [-0.05, 0) is 43.4 Å². The lowest BCUT2D eigenvalue weighted by molar-refractivity contribution is 0.0993. The summed E-state index contributed by atoms with van der Waals surface area (Å²) in [4.78, 5) is 14.4. The normalized spacial score (nSPS) is 10.3. The van der Waals surface area contributed by atoms with Crippen LogP contribution in [0.3, 0.4) is 0 Å². The van der Waals surface area contributed by atoms with Gasteiger partial charge in [-0.25, -0.2) is 0 Å². The number of carbonyl (C=O) groups excluding carboxylic acids is 1. The van der Waals surface area contributed by atoms with E-state index in [1.807, 2.05) is 62.6 Å². The summed E-state index contributed by atoms with van der Waals surface area (Å²) in [6.45, 7) is 0.832. The van der Waals surface area contributed by atoms with Crippen molar-refractivity contribution >= 4 is 29.8 Å². The minimum Gasteiger partial charge on any atom is -0.305 e. The first-order chi connectivity index (χ1) is 9.54. The van der Waals surface area contributed by atoms with E-state index in [-0.39, 0.29) is 18.2 Å². The van der Waals surface area contributed by atoms with Crippen molar-refractivity contribution in [1.29, 1.82) is 0 Å². The number of carbonyl (C=O) groups is 1. The lowest BCUT2D eigenvalue weighted by Gasteiger charge is -2.10. The predicted molar refractivity (Wildman–Crippen MR) is 90.6 cm³/mol. The Kier molecular flexibility index (Phi) is 6.90. The molecule has 0 saturated heterocycles. The molecule has 4 heteroatoms. The van der Waals surface area contributed by atoms with Crippen molar-refractivity contribution in [3.8, 4) is 0 Å². The Bertz CT molecular complexity index is 611. The maximum atomic E-state index is 12.3. The monoisotopic (exact) mass is 323 g/mol. The van der Waals surface area contributed by atoms with Crippen molar-refractivity contribution in [3.05, 3.63) is 70.2 Å². The SMILES string of the molecule is CN(C)Cc1cccc(C(=O)Cc2cccc(Cl)c2)c1.Cl. The molecule has 2 nitrogen and oxygen atoms in total. The van der Waals surface area contributed by atoms with Crippen molar-refractivity contribution in [1.82, 2.24) is 4.90 Å². The predicted octanol–water partition coefficient (Wildman–Crippen LogP) is 4.25. The molecule has 0 aromatic heterocycles. The minimum absolute atomic E-state index is 0. The maximum Gasteiger partial charge on any atom is 0.167 e. The molecule has 0 N–H and O–H groups in total.